The van der Waals surface area contributed by atoms with E-state index in [2.05, 4.69) is 16.9 Å². The zero-order valence-electron chi connectivity index (χ0n) is 5.55. The third kappa shape index (κ3) is 1.35. The Kier molecular flexibility index (Phi) is 2.05. The van der Waals surface area contributed by atoms with Crippen molar-refractivity contribution in [3.8, 4) is 0 Å². The zero-order chi connectivity index (χ0) is 7.40. The van der Waals surface area contributed by atoms with Gasteiger partial charge in [-0.25, -0.2) is 4.79 Å². The number of ether oxygens (including phenoxy) is 1. The summed E-state index contributed by atoms with van der Waals surface area (Å²) in [7, 11) is 1.34. The normalized spacial score (nSPS) is 8.90. The average molecular weight is 134 g/mol. The van der Waals surface area contributed by atoms with Crippen LogP contribution in [-0.2, 0) is 4.74 Å². The number of methoxy groups -OCH3 is 1. The first-order chi connectivity index (χ1) is 4.84. The van der Waals surface area contributed by atoms with Crippen LogP contribution in [0.4, 0.5) is 0 Å². The predicted molar refractivity (Wildman–Crippen MR) is 35.5 cm³/mol. The smallest absolute Gasteiger partial charge is 0.338 e. The van der Waals surface area contributed by atoms with Crippen molar-refractivity contribution in [1.82, 2.24) is 0 Å². The number of carbonyl (C=O) groups excluding carboxylic acids is 1. The lowest BCUT2D eigenvalue weighted by molar-refractivity contribution is 0.0600. The van der Waals surface area contributed by atoms with Crippen LogP contribution in [0.2, 0.25) is 0 Å². The molecule has 0 bridgehead atoms. The van der Waals surface area contributed by atoms with Crippen LogP contribution < -0.4 is 0 Å². The Morgan fingerprint density at radius 1 is 1.60 bits per heavy atom. The Morgan fingerprint density at radius 3 is 2.90 bits per heavy atom. The highest BCUT2D eigenvalue weighted by Gasteiger charge is 2.01. The summed E-state index contributed by atoms with van der Waals surface area (Å²) < 4.78 is 4.45. The highest BCUT2D eigenvalue weighted by atomic mass is 16.5. The second-order valence-electron chi connectivity index (χ2n) is 1.69. The summed E-state index contributed by atoms with van der Waals surface area (Å²) in [6.45, 7) is 0. The van der Waals surface area contributed by atoms with Crippen LogP contribution in [0.3, 0.4) is 0 Å². The van der Waals surface area contributed by atoms with E-state index in [0.717, 1.165) is 0 Å². The highest BCUT2D eigenvalue weighted by Crippen LogP contribution is 1.97. The quantitative estimate of drug-likeness (QED) is 0.537. The van der Waals surface area contributed by atoms with Crippen LogP contribution in [-0.4, -0.2) is 13.1 Å². The summed E-state index contributed by atoms with van der Waals surface area (Å²) in [4.78, 5) is 10.7. The minimum absolute atomic E-state index is 0.378. The van der Waals surface area contributed by atoms with Crippen molar-refractivity contribution in [1.29, 1.82) is 0 Å². The molecule has 0 saturated heterocycles. The molecule has 1 aromatic rings. The average Bonchev–Trinajstić information content (AvgIpc) is 2.05. The molecular formula is C8H6O2. The number of benzene rings is 1. The topological polar surface area (TPSA) is 26.3 Å². The highest BCUT2D eigenvalue weighted by molar-refractivity contribution is 5.88. The van der Waals surface area contributed by atoms with Crippen LogP contribution in [0.25, 0.3) is 0 Å². The summed E-state index contributed by atoms with van der Waals surface area (Å²) >= 11 is 0. The van der Waals surface area contributed by atoms with Crippen molar-refractivity contribution in [3.05, 3.63) is 35.9 Å². The Bertz CT molecular complexity index is 216. The largest absolute Gasteiger partial charge is 0.465 e. The maximum atomic E-state index is 10.7. The molecule has 2 nitrogen and oxygen atoms in total. The van der Waals surface area contributed by atoms with E-state index in [1.807, 2.05) is 0 Å². The van der Waals surface area contributed by atoms with Crippen LogP contribution >= 0.6 is 0 Å². The standard InChI is InChI=1S/C8H6O2/c1-10-8(9)7-5-3-2-4-6-7/h2-3,6H,1H3. The summed E-state index contributed by atoms with van der Waals surface area (Å²) in [6, 6.07) is 10.3. The van der Waals surface area contributed by atoms with Gasteiger partial charge in [0.2, 0.25) is 0 Å². The minimum atomic E-state index is -0.378. The second kappa shape index (κ2) is 3.01. The van der Waals surface area contributed by atoms with Gasteiger partial charge < -0.3 is 4.74 Å². The Labute approximate surface area is 59.4 Å². The van der Waals surface area contributed by atoms with Crippen molar-refractivity contribution >= 4 is 5.97 Å². The first-order valence-corrected chi connectivity index (χ1v) is 2.80. The van der Waals surface area contributed by atoms with Crippen LogP contribution in [0.1, 0.15) is 10.4 Å². The van der Waals surface area contributed by atoms with Crippen molar-refractivity contribution in [2.45, 2.75) is 0 Å². The van der Waals surface area contributed by atoms with E-state index in [-0.39, 0.29) is 5.97 Å². The fourth-order valence-electron chi connectivity index (χ4n) is 0.580. The molecule has 0 aliphatic carbocycles. The third-order valence-electron chi connectivity index (χ3n) is 1.05. The van der Waals surface area contributed by atoms with E-state index in [4.69, 9.17) is 0 Å². The molecule has 50 valence electrons. The number of rotatable bonds is 1. The van der Waals surface area contributed by atoms with E-state index in [9.17, 15) is 4.79 Å². The summed E-state index contributed by atoms with van der Waals surface area (Å²) in [5, 5.41) is 0. The molecule has 2 heteroatoms. The molecule has 0 N–H and O–H groups in total. The third-order valence-corrected chi connectivity index (χ3v) is 1.05. The number of hydrogen-bond donors (Lipinski definition) is 0. The van der Waals surface area contributed by atoms with Gasteiger partial charge in [-0.05, 0) is 18.2 Å². The summed E-state index contributed by atoms with van der Waals surface area (Å²) in [5.41, 5.74) is 0.407. The lowest BCUT2D eigenvalue weighted by atomic mass is 10.2. The molecule has 1 aromatic carbocycles. The summed E-state index contributed by atoms with van der Waals surface area (Å²) in [5.74, 6) is -0.378. The van der Waals surface area contributed by atoms with Gasteiger partial charge in [0, 0.05) is 0 Å². The van der Waals surface area contributed by atoms with Gasteiger partial charge in [-0.15, -0.1) is 0 Å². The van der Waals surface area contributed by atoms with Gasteiger partial charge in [0.25, 0.3) is 0 Å². The van der Waals surface area contributed by atoms with E-state index in [1.54, 1.807) is 12.1 Å². The van der Waals surface area contributed by atoms with Gasteiger partial charge in [0.1, 0.15) is 0 Å². The van der Waals surface area contributed by atoms with E-state index in [0.29, 0.717) is 5.56 Å². The van der Waals surface area contributed by atoms with E-state index >= 15 is 0 Å². The molecule has 0 heterocycles. The Balaban J connectivity index is 2.85. The second-order valence-corrected chi connectivity index (χ2v) is 1.69. The van der Waals surface area contributed by atoms with Crippen molar-refractivity contribution in [2.75, 3.05) is 7.11 Å². The minimum Gasteiger partial charge on any atom is -0.465 e. The monoisotopic (exact) mass is 134 g/mol. The van der Waals surface area contributed by atoms with Gasteiger partial charge in [0.05, 0.1) is 12.7 Å². The van der Waals surface area contributed by atoms with Crippen molar-refractivity contribution < 1.29 is 9.53 Å². The lowest BCUT2D eigenvalue weighted by Gasteiger charge is -1.94. The molecule has 0 saturated carbocycles. The van der Waals surface area contributed by atoms with E-state index in [1.165, 1.54) is 13.2 Å². The zero-order valence-corrected chi connectivity index (χ0v) is 5.55. The van der Waals surface area contributed by atoms with Crippen LogP contribution in [0, 0.1) is 12.1 Å². The van der Waals surface area contributed by atoms with Gasteiger partial charge >= 0.3 is 5.97 Å². The molecule has 0 spiro atoms. The fraction of sp³-hybridized carbons (Fsp3) is 0.125. The Morgan fingerprint density at radius 2 is 2.40 bits per heavy atom. The van der Waals surface area contributed by atoms with Crippen LogP contribution in [0.15, 0.2) is 18.2 Å². The maximum absolute atomic E-state index is 10.7. The van der Waals surface area contributed by atoms with Gasteiger partial charge in [0.15, 0.2) is 0 Å². The SMILES string of the molecule is COC(=O)c1[c]cc[c]c1. The first kappa shape index (κ1) is 6.81. The van der Waals surface area contributed by atoms with Crippen molar-refractivity contribution in [3.63, 3.8) is 0 Å². The molecule has 1 rings (SSSR count). The Hall–Kier alpha value is -1.31. The van der Waals surface area contributed by atoms with E-state index < -0.39 is 0 Å². The van der Waals surface area contributed by atoms with Crippen LogP contribution in [0.5, 0.6) is 0 Å². The molecule has 0 aromatic heterocycles. The maximum Gasteiger partial charge on any atom is 0.338 e. The lowest BCUT2D eigenvalue weighted by Crippen LogP contribution is -1.99. The molecule has 0 aliphatic rings. The number of esters is 1. The molecule has 0 aliphatic heterocycles. The molecule has 0 amide bonds. The van der Waals surface area contributed by atoms with Gasteiger partial charge in [-0.3, -0.25) is 0 Å². The van der Waals surface area contributed by atoms with Gasteiger partial charge in [-0.2, -0.15) is 0 Å². The van der Waals surface area contributed by atoms with Gasteiger partial charge in [-0.1, -0.05) is 12.1 Å². The molecule has 0 unspecified atom stereocenters. The molecule has 2 radical (unpaired) electrons. The molecule has 10 heavy (non-hydrogen) atoms. The molecule has 0 fully saturated rings. The number of hydrogen-bond acceptors (Lipinski definition) is 2. The molecule has 0 atom stereocenters. The van der Waals surface area contributed by atoms with Crippen molar-refractivity contribution in [2.24, 2.45) is 0 Å². The fourth-order valence-corrected chi connectivity index (χ4v) is 0.580. The predicted octanol–water partition coefficient (Wildman–Crippen LogP) is 1.07. The summed E-state index contributed by atoms with van der Waals surface area (Å²) in [6.07, 6.45) is 0. The number of carbonyl (C=O) groups is 1. The molecular weight excluding hydrogens is 128 g/mol. The first-order valence-electron chi connectivity index (χ1n) is 2.80.